The molecule has 0 bridgehead atoms. The average molecular weight is 370 g/mol. The van der Waals surface area contributed by atoms with Gasteiger partial charge in [-0.15, -0.1) is 0 Å². The number of nitrogens with one attached hydrogen (secondary N) is 1. The molecule has 3 aromatic carbocycles. The van der Waals surface area contributed by atoms with E-state index in [1.807, 2.05) is 12.1 Å². The summed E-state index contributed by atoms with van der Waals surface area (Å²) in [5, 5.41) is 3.19. The highest BCUT2D eigenvalue weighted by Gasteiger charge is 2.60. The van der Waals surface area contributed by atoms with Crippen LogP contribution in [0, 0.1) is 33.6 Å². The molecule has 2 nitrogen and oxygen atoms in total. The lowest BCUT2D eigenvalue weighted by molar-refractivity contribution is -0.117. The van der Waals surface area contributed by atoms with Crippen LogP contribution in [0.25, 0.3) is 0 Å². The van der Waals surface area contributed by atoms with Gasteiger partial charge in [0.05, 0.1) is 5.92 Å². The van der Waals surface area contributed by atoms with Crippen LogP contribution in [-0.2, 0) is 10.2 Å². The third-order valence-corrected chi connectivity index (χ3v) is 6.27. The Morgan fingerprint density at radius 2 is 1.36 bits per heavy atom. The predicted molar refractivity (Wildman–Crippen MR) is 116 cm³/mol. The fourth-order valence-corrected chi connectivity index (χ4v) is 4.19. The van der Waals surface area contributed by atoms with Crippen molar-refractivity contribution in [1.82, 2.24) is 0 Å². The Morgan fingerprint density at radius 1 is 0.821 bits per heavy atom. The van der Waals surface area contributed by atoms with Crippen LogP contribution in [0.3, 0.4) is 0 Å². The van der Waals surface area contributed by atoms with Gasteiger partial charge in [0.15, 0.2) is 0 Å². The van der Waals surface area contributed by atoms with E-state index in [9.17, 15) is 4.79 Å². The van der Waals surface area contributed by atoms with E-state index >= 15 is 0 Å². The minimum absolute atomic E-state index is 0.0576. The van der Waals surface area contributed by atoms with Gasteiger partial charge >= 0.3 is 0 Å². The molecule has 1 saturated carbocycles. The summed E-state index contributed by atoms with van der Waals surface area (Å²) in [6.07, 6.45) is 0.843. The highest BCUT2D eigenvalue weighted by atomic mass is 16.2. The van der Waals surface area contributed by atoms with Crippen LogP contribution in [0.5, 0.6) is 0 Å². The quantitative estimate of drug-likeness (QED) is 0.613. The van der Waals surface area contributed by atoms with E-state index in [1.54, 1.807) is 0 Å². The molecule has 2 heteroatoms. The van der Waals surface area contributed by atoms with Crippen LogP contribution in [0.4, 0.5) is 5.69 Å². The number of anilines is 1. The summed E-state index contributed by atoms with van der Waals surface area (Å²) in [5.41, 5.74) is 7.93. The zero-order chi connectivity index (χ0) is 19.9. The van der Waals surface area contributed by atoms with Gasteiger partial charge in [0.1, 0.15) is 0 Å². The SMILES string of the molecule is Cc1ccc(C2(c3ccc(C)cc3)C[C@@H]2C(=O)Nc2cccc(C)c2C)cc1. The van der Waals surface area contributed by atoms with Gasteiger partial charge in [0.2, 0.25) is 5.91 Å². The maximum Gasteiger partial charge on any atom is 0.228 e. The Kier molecular flexibility index (Phi) is 4.58. The van der Waals surface area contributed by atoms with Crippen molar-refractivity contribution in [2.45, 2.75) is 39.5 Å². The predicted octanol–water partition coefficient (Wildman–Crippen LogP) is 5.86. The normalized spacial score (nSPS) is 17.2. The molecule has 0 heterocycles. The number of carbonyl (C=O) groups is 1. The second-order valence-electron chi connectivity index (χ2n) is 8.20. The third-order valence-electron chi connectivity index (χ3n) is 6.27. The molecule has 1 amide bonds. The first-order chi connectivity index (χ1) is 13.4. The van der Waals surface area contributed by atoms with E-state index in [0.29, 0.717) is 0 Å². The molecular formula is C26H27NO. The van der Waals surface area contributed by atoms with Gasteiger partial charge in [-0.3, -0.25) is 4.79 Å². The molecule has 1 aliphatic rings. The highest BCUT2D eigenvalue weighted by Crippen LogP contribution is 2.59. The molecule has 0 spiro atoms. The van der Waals surface area contributed by atoms with Gasteiger partial charge in [-0.2, -0.15) is 0 Å². The van der Waals surface area contributed by atoms with Gasteiger partial charge in [-0.25, -0.2) is 0 Å². The van der Waals surface area contributed by atoms with Crippen LogP contribution < -0.4 is 5.32 Å². The molecule has 142 valence electrons. The van der Waals surface area contributed by atoms with Gasteiger partial charge in [0, 0.05) is 11.1 Å². The van der Waals surface area contributed by atoms with Gasteiger partial charge in [-0.1, -0.05) is 71.8 Å². The fourth-order valence-electron chi connectivity index (χ4n) is 4.19. The Balaban J connectivity index is 1.69. The fraction of sp³-hybridized carbons (Fsp3) is 0.269. The number of amides is 1. The molecule has 1 N–H and O–H groups in total. The third kappa shape index (κ3) is 3.13. The van der Waals surface area contributed by atoms with E-state index in [1.165, 1.54) is 27.8 Å². The maximum absolute atomic E-state index is 13.2. The summed E-state index contributed by atoms with van der Waals surface area (Å²) in [5.74, 6) is 0.0488. The monoisotopic (exact) mass is 369 g/mol. The standard InChI is InChI=1S/C26H27NO/c1-17-8-12-21(13-9-17)26(22-14-10-18(2)11-15-22)16-23(26)25(28)27-24-7-5-6-19(3)20(24)4/h5-15,23H,16H2,1-4H3,(H,27,28)/t23-/m1/s1. The van der Waals surface area contributed by atoms with Gasteiger partial charge < -0.3 is 5.32 Å². The number of hydrogen-bond acceptors (Lipinski definition) is 1. The van der Waals surface area contributed by atoms with Crippen molar-refractivity contribution in [2.75, 3.05) is 5.32 Å². The van der Waals surface area contributed by atoms with Crippen LogP contribution >= 0.6 is 0 Å². The van der Waals surface area contributed by atoms with Crippen LogP contribution in [-0.4, -0.2) is 5.91 Å². The van der Waals surface area contributed by atoms with Crippen molar-refractivity contribution in [3.8, 4) is 0 Å². The first-order valence-electron chi connectivity index (χ1n) is 9.93. The lowest BCUT2D eigenvalue weighted by Gasteiger charge is -2.20. The molecule has 0 unspecified atom stereocenters. The maximum atomic E-state index is 13.2. The number of benzene rings is 3. The van der Waals surface area contributed by atoms with Crippen molar-refractivity contribution in [2.24, 2.45) is 5.92 Å². The van der Waals surface area contributed by atoms with Crippen molar-refractivity contribution in [3.05, 3.63) is 100 Å². The first-order valence-corrected chi connectivity index (χ1v) is 9.93. The van der Waals surface area contributed by atoms with Crippen LogP contribution in [0.2, 0.25) is 0 Å². The van der Waals surface area contributed by atoms with Crippen molar-refractivity contribution >= 4 is 11.6 Å². The average Bonchev–Trinajstić information content (AvgIpc) is 3.43. The smallest absolute Gasteiger partial charge is 0.228 e. The minimum atomic E-state index is -0.233. The molecular weight excluding hydrogens is 342 g/mol. The molecule has 1 fully saturated rings. The summed E-state index contributed by atoms with van der Waals surface area (Å²) in [4.78, 5) is 13.2. The zero-order valence-corrected chi connectivity index (χ0v) is 17.0. The summed E-state index contributed by atoms with van der Waals surface area (Å²) < 4.78 is 0. The molecule has 1 atom stereocenters. The summed E-state index contributed by atoms with van der Waals surface area (Å²) in [6, 6.07) is 23.4. The van der Waals surface area contributed by atoms with E-state index in [4.69, 9.17) is 0 Å². The largest absolute Gasteiger partial charge is 0.326 e. The lowest BCUT2D eigenvalue weighted by Crippen LogP contribution is -2.22. The van der Waals surface area contributed by atoms with Crippen molar-refractivity contribution in [3.63, 3.8) is 0 Å². The van der Waals surface area contributed by atoms with Crippen LogP contribution in [0.15, 0.2) is 66.7 Å². The number of carbonyl (C=O) groups excluding carboxylic acids is 1. The molecule has 28 heavy (non-hydrogen) atoms. The molecule has 1 aliphatic carbocycles. The molecule has 0 saturated heterocycles. The van der Waals surface area contributed by atoms with E-state index in [-0.39, 0.29) is 17.2 Å². The summed E-state index contributed by atoms with van der Waals surface area (Å²) in [6.45, 7) is 8.33. The number of rotatable bonds is 4. The number of hydrogen-bond donors (Lipinski definition) is 1. The number of aryl methyl sites for hydroxylation is 3. The Hall–Kier alpha value is -2.87. The molecule has 0 aliphatic heterocycles. The van der Waals surface area contributed by atoms with E-state index in [2.05, 4.69) is 87.6 Å². The Bertz CT molecular complexity index is 970. The zero-order valence-electron chi connectivity index (χ0n) is 17.0. The lowest BCUT2D eigenvalue weighted by atomic mass is 9.85. The molecule has 0 aromatic heterocycles. The second kappa shape index (κ2) is 6.94. The van der Waals surface area contributed by atoms with Gasteiger partial charge in [-0.05, 0) is 62.4 Å². The second-order valence-corrected chi connectivity index (χ2v) is 8.20. The Labute approximate surface area is 167 Å². The molecule has 3 aromatic rings. The summed E-state index contributed by atoms with van der Waals surface area (Å²) >= 11 is 0. The van der Waals surface area contributed by atoms with E-state index in [0.717, 1.165) is 17.7 Å². The molecule has 4 rings (SSSR count). The highest BCUT2D eigenvalue weighted by molar-refractivity contribution is 5.97. The van der Waals surface area contributed by atoms with E-state index < -0.39 is 0 Å². The van der Waals surface area contributed by atoms with Gasteiger partial charge in [0.25, 0.3) is 0 Å². The van der Waals surface area contributed by atoms with Crippen molar-refractivity contribution in [1.29, 1.82) is 0 Å². The Morgan fingerprint density at radius 3 is 1.89 bits per heavy atom. The molecule has 0 radical (unpaired) electrons. The summed E-state index contributed by atoms with van der Waals surface area (Å²) in [7, 11) is 0. The minimum Gasteiger partial charge on any atom is -0.326 e. The van der Waals surface area contributed by atoms with Crippen molar-refractivity contribution < 1.29 is 4.79 Å². The topological polar surface area (TPSA) is 29.1 Å². The first kappa shape index (κ1) is 18.5. The van der Waals surface area contributed by atoms with Crippen LogP contribution in [0.1, 0.15) is 39.8 Å².